The van der Waals surface area contributed by atoms with E-state index in [-0.39, 0.29) is 30.5 Å². The largest absolute Gasteiger partial charge is 0.438 e. The van der Waals surface area contributed by atoms with Crippen LogP contribution in [0.2, 0.25) is 0 Å². The van der Waals surface area contributed by atoms with E-state index in [9.17, 15) is 22.0 Å². The Hall–Kier alpha value is -2.89. The fraction of sp³-hybridized carbons (Fsp3) is 0.263. The highest BCUT2D eigenvalue weighted by Crippen LogP contribution is 2.19. The van der Waals surface area contributed by atoms with Gasteiger partial charge in [0, 0.05) is 31.7 Å². The summed E-state index contributed by atoms with van der Waals surface area (Å²) < 4.78 is 59.3. The lowest BCUT2D eigenvalue weighted by Crippen LogP contribution is -2.49. The van der Waals surface area contributed by atoms with Crippen molar-refractivity contribution in [1.82, 2.24) is 19.0 Å². The van der Waals surface area contributed by atoms with Crippen LogP contribution in [0.5, 0.6) is 0 Å². The molecule has 158 valence electrons. The van der Waals surface area contributed by atoms with Gasteiger partial charge in [-0.25, -0.2) is 22.0 Å². The molecule has 0 N–H and O–H groups in total. The Morgan fingerprint density at radius 2 is 1.67 bits per heavy atom. The summed E-state index contributed by atoms with van der Waals surface area (Å²) >= 11 is 0. The van der Waals surface area contributed by atoms with Gasteiger partial charge in [-0.1, -0.05) is 6.07 Å². The van der Waals surface area contributed by atoms with E-state index in [0.717, 1.165) is 10.7 Å². The summed E-state index contributed by atoms with van der Waals surface area (Å²) in [7, 11) is -3.79. The highest BCUT2D eigenvalue weighted by Gasteiger charge is 2.29. The first-order valence-corrected chi connectivity index (χ1v) is 10.6. The van der Waals surface area contributed by atoms with E-state index in [1.165, 1.54) is 46.8 Å². The molecule has 1 fully saturated rings. The lowest BCUT2D eigenvalue weighted by molar-refractivity contribution is 0.142. The maximum absolute atomic E-state index is 13.4. The third kappa shape index (κ3) is 4.18. The van der Waals surface area contributed by atoms with E-state index < -0.39 is 27.4 Å². The molecular weight excluding hydrogens is 418 g/mol. The van der Waals surface area contributed by atoms with E-state index in [1.54, 1.807) is 0 Å². The first-order valence-electron chi connectivity index (χ1n) is 9.15. The Morgan fingerprint density at radius 3 is 2.33 bits per heavy atom. The highest BCUT2D eigenvalue weighted by atomic mass is 32.2. The third-order valence-corrected chi connectivity index (χ3v) is 6.69. The van der Waals surface area contributed by atoms with Gasteiger partial charge in [0.1, 0.15) is 18.3 Å². The number of aromatic nitrogens is 2. The van der Waals surface area contributed by atoms with Crippen molar-refractivity contribution in [2.75, 3.05) is 26.2 Å². The van der Waals surface area contributed by atoms with E-state index in [2.05, 4.69) is 5.10 Å². The quantitative estimate of drug-likeness (QED) is 0.606. The van der Waals surface area contributed by atoms with E-state index in [4.69, 9.17) is 4.42 Å². The minimum atomic E-state index is -3.79. The van der Waals surface area contributed by atoms with Crippen LogP contribution in [-0.4, -0.2) is 53.6 Å². The van der Waals surface area contributed by atoms with Crippen molar-refractivity contribution in [2.24, 2.45) is 0 Å². The van der Waals surface area contributed by atoms with Crippen molar-refractivity contribution >= 4 is 10.0 Å². The van der Waals surface area contributed by atoms with Gasteiger partial charge in [-0.3, -0.25) is 4.90 Å². The van der Waals surface area contributed by atoms with Crippen LogP contribution >= 0.6 is 0 Å². The van der Waals surface area contributed by atoms with Crippen LogP contribution in [0.1, 0.15) is 0 Å². The molecule has 0 radical (unpaired) electrons. The number of rotatable bonds is 5. The summed E-state index contributed by atoms with van der Waals surface area (Å²) in [5, 5.41) is 4.13. The summed E-state index contributed by atoms with van der Waals surface area (Å²) in [5.74, 6) is -1.61. The topological polar surface area (TPSA) is 88.7 Å². The molecule has 1 saturated heterocycles. The zero-order valence-corrected chi connectivity index (χ0v) is 16.6. The van der Waals surface area contributed by atoms with Crippen LogP contribution < -0.4 is 5.76 Å². The lowest BCUT2D eigenvalue weighted by Gasteiger charge is -2.33. The minimum absolute atomic E-state index is 0.0762. The van der Waals surface area contributed by atoms with Gasteiger partial charge in [-0.2, -0.15) is 8.99 Å². The fourth-order valence-electron chi connectivity index (χ4n) is 3.18. The number of halogens is 2. The molecule has 1 aliphatic heterocycles. The zero-order valence-electron chi connectivity index (χ0n) is 15.7. The predicted octanol–water partition coefficient (Wildman–Crippen LogP) is 1.75. The highest BCUT2D eigenvalue weighted by molar-refractivity contribution is 7.89. The van der Waals surface area contributed by atoms with Gasteiger partial charge in [-0.05, 0) is 42.5 Å². The van der Waals surface area contributed by atoms with Crippen molar-refractivity contribution in [1.29, 1.82) is 0 Å². The molecule has 30 heavy (non-hydrogen) atoms. The van der Waals surface area contributed by atoms with Crippen LogP contribution in [0.4, 0.5) is 8.78 Å². The second-order valence-corrected chi connectivity index (χ2v) is 8.74. The monoisotopic (exact) mass is 436 g/mol. The van der Waals surface area contributed by atoms with E-state index in [1.807, 2.05) is 4.90 Å². The lowest BCUT2D eigenvalue weighted by atomic mass is 10.2. The predicted molar refractivity (Wildman–Crippen MR) is 103 cm³/mol. The molecular formula is C19H18F2N4O4S. The number of piperazine rings is 1. The molecule has 3 aromatic rings. The summed E-state index contributed by atoms with van der Waals surface area (Å²) in [6.07, 6.45) is 0. The van der Waals surface area contributed by atoms with E-state index >= 15 is 0 Å². The van der Waals surface area contributed by atoms with Crippen LogP contribution in [0.15, 0.2) is 62.6 Å². The molecule has 1 aliphatic rings. The van der Waals surface area contributed by atoms with E-state index in [0.29, 0.717) is 18.7 Å². The van der Waals surface area contributed by atoms with Gasteiger partial charge in [0.25, 0.3) is 0 Å². The average molecular weight is 436 g/mol. The van der Waals surface area contributed by atoms with Gasteiger partial charge in [-0.15, -0.1) is 5.10 Å². The van der Waals surface area contributed by atoms with Gasteiger partial charge in [0.15, 0.2) is 0 Å². The zero-order chi connectivity index (χ0) is 21.3. The first-order chi connectivity index (χ1) is 14.3. The molecule has 0 amide bonds. The van der Waals surface area contributed by atoms with Gasteiger partial charge in [0.2, 0.25) is 15.9 Å². The SMILES string of the molecule is O=c1oc(-c2ccc(F)cc2)nn1CN1CCN(S(=O)(=O)c2cccc(F)c2)CC1. The van der Waals surface area contributed by atoms with Gasteiger partial charge in [0.05, 0.1) is 4.90 Å². The Bertz CT molecular complexity index is 1200. The maximum Gasteiger partial charge on any atom is 0.438 e. The van der Waals surface area contributed by atoms with Gasteiger partial charge < -0.3 is 4.42 Å². The van der Waals surface area contributed by atoms with Gasteiger partial charge >= 0.3 is 5.76 Å². The van der Waals surface area contributed by atoms with Crippen LogP contribution in [0.25, 0.3) is 11.5 Å². The second kappa shape index (κ2) is 8.09. The summed E-state index contributed by atoms with van der Waals surface area (Å²) in [6, 6.07) is 10.3. The molecule has 0 aliphatic carbocycles. The summed E-state index contributed by atoms with van der Waals surface area (Å²) in [4.78, 5) is 13.9. The molecule has 2 aromatic carbocycles. The standard InChI is InChI=1S/C19H18F2N4O4S/c20-15-6-4-14(5-7-15)18-22-25(19(26)29-18)13-23-8-10-24(11-9-23)30(27,28)17-3-1-2-16(21)12-17/h1-7,12H,8-11,13H2. The minimum Gasteiger partial charge on any atom is -0.388 e. The Balaban J connectivity index is 1.42. The number of nitrogens with zero attached hydrogens (tertiary/aromatic N) is 4. The Labute approximate surface area is 171 Å². The molecule has 0 unspecified atom stereocenters. The summed E-state index contributed by atoms with van der Waals surface area (Å²) in [5.41, 5.74) is 0.471. The molecule has 8 nitrogen and oxygen atoms in total. The molecule has 0 spiro atoms. The normalized spacial score (nSPS) is 16.1. The molecule has 0 bridgehead atoms. The van der Waals surface area contributed by atoms with Crippen molar-refractivity contribution < 1.29 is 21.6 Å². The van der Waals surface area contributed by atoms with Crippen LogP contribution in [-0.2, 0) is 16.7 Å². The first kappa shape index (κ1) is 20.4. The van der Waals surface area contributed by atoms with Crippen molar-refractivity contribution in [3.63, 3.8) is 0 Å². The number of sulfonamides is 1. The molecule has 1 aromatic heterocycles. The fourth-order valence-corrected chi connectivity index (χ4v) is 4.64. The third-order valence-electron chi connectivity index (χ3n) is 4.80. The summed E-state index contributed by atoms with van der Waals surface area (Å²) in [6.45, 7) is 1.23. The Morgan fingerprint density at radius 1 is 0.967 bits per heavy atom. The average Bonchev–Trinajstić information content (AvgIpc) is 3.09. The number of benzene rings is 2. The van der Waals surface area contributed by atoms with Crippen LogP contribution in [0, 0.1) is 11.6 Å². The van der Waals surface area contributed by atoms with Crippen molar-refractivity contribution in [3.05, 3.63) is 70.7 Å². The van der Waals surface area contributed by atoms with Crippen molar-refractivity contribution in [3.8, 4) is 11.5 Å². The molecule has 0 atom stereocenters. The smallest absolute Gasteiger partial charge is 0.388 e. The molecule has 11 heteroatoms. The number of hydrogen-bond donors (Lipinski definition) is 0. The molecule has 2 heterocycles. The van der Waals surface area contributed by atoms with Crippen LogP contribution in [0.3, 0.4) is 0 Å². The maximum atomic E-state index is 13.4. The molecule has 0 saturated carbocycles. The Kier molecular flexibility index (Phi) is 5.50. The molecule has 4 rings (SSSR count). The number of hydrogen-bond acceptors (Lipinski definition) is 6. The van der Waals surface area contributed by atoms with Crippen molar-refractivity contribution in [2.45, 2.75) is 11.6 Å². The second-order valence-electron chi connectivity index (χ2n) is 6.80.